The third-order valence-electron chi connectivity index (χ3n) is 2.44. The van der Waals surface area contributed by atoms with Crippen molar-refractivity contribution in [1.29, 1.82) is 0 Å². The maximum atomic E-state index is 5.59. The largest absolute Gasteiger partial charge is 0.497 e. The molecule has 2 aromatic rings. The zero-order valence-electron chi connectivity index (χ0n) is 10.3. The molecule has 4 heteroatoms. The average Bonchev–Trinajstić information content (AvgIpc) is 2.45. The van der Waals surface area contributed by atoms with Crippen molar-refractivity contribution < 1.29 is 9.47 Å². The summed E-state index contributed by atoms with van der Waals surface area (Å²) in [5.41, 5.74) is 1.04. The van der Waals surface area contributed by atoms with Crippen LogP contribution >= 0.6 is 0 Å². The third-order valence-corrected chi connectivity index (χ3v) is 2.44. The first-order valence-electron chi connectivity index (χ1n) is 5.79. The number of aromatic nitrogens is 1. The van der Waals surface area contributed by atoms with E-state index >= 15 is 0 Å². The summed E-state index contributed by atoms with van der Waals surface area (Å²) in [4.78, 5) is 3.95. The molecule has 1 heterocycles. The molecule has 94 valence electrons. The maximum Gasteiger partial charge on any atom is 0.119 e. The van der Waals surface area contributed by atoms with Gasteiger partial charge in [0.15, 0.2) is 0 Å². The van der Waals surface area contributed by atoms with Crippen LogP contribution in [0.5, 0.6) is 11.5 Å². The van der Waals surface area contributed by atoms with E-state index in [1.54, 1.807) is 19.5 Å². The van der Waals surface area contributed by atoms with Crippen molar-refractivity contribution in [2.75, 3.05) is 25.6 Å². The Morgan fingerprint density at radius 2 is 1.67 bits per heavy atom. The van der Waals surface area contributed by atoms with E-state index in [2.05, 4.69) is 10.3 Å². The van der Waals surface area contributed by atoms with Gasteiger partial charge in [-0.15, -0.1) is 0 Å². The molecule has 0 amide bonds. The zero-order chi connectivity index (χ0) is 12.6. The van der Waals surface area contributed by atoms with E-state index in [0.29, 0.717) is 6.61 Å². The van der Waals surface area contributed by atoms with Crippen molar-refractivity contribution in [2.24, 2.45) is 0 Å². The van der Waals surface area contributed by atoms with Gasteiger partial charge in [-0.05, 0) is 36.4 Å². The Morgan fingerprint density at radius 1 is 1.00 bits per heavy atom. The van der Waals surface area contributed by atoms with Gasteiger partial charge in [-0.25, -0.2) is 0 Å². The van der Waals surface area contributed by atoms with E-state index in [-0.39, 0.29) is 0 Å². The number of hydrogen-bond donors (Lipinski definition) is 1. The third kappa shape index (κ3) is 3.66. The fourth-order valence-corrected chi connectivity index (χ4v) is 1.51. The van der Waals surface area contributed by atoms with Gasteiger partial charge < -0.3 is 14.8 Å². The first-order chi connectivity index (χ1) is 8.88. The Bertz CT molecular complexity index is 457. The highest BCUT2D eigenvalue weighted by molar-refractivity contribution is 5.40. The molecule has 0 spiro atoms. The Labute approximate surface area is 107 Å². The summed E-state index contributed by atoms with van der Waals surface area (Å²) in [6.07, 6.45) is 3.51. The van der Waals surface area contributed by atoms with Gasteiger partial charge in [0.2, 0.25) is 0 Å². The predicted molar refractivity (Wildman–Crippen MR) is 71.2 cm³/mol. The van der Waals surface area contributed by atoms with Crippen molar-refractivity contribution in [3.8, 4) is 11.5 Å². The van der Waals surface area contributed by atoms with E-state index in [4.69, 9.17) is 9.47 Å². The number of pyridine rings is 1. The molecule has 0 bridgehead atoms. The van der Waals surface area contributed by atoms with Gasteiger partial charge in [0.25, 0.3) is 0 Å². The summed E-state index contributed by atoms with van der Waals surface area (Å²) < 4.78 is 10.7. The standard InChI is InChI=1S/C14H16N2O2/c1-17-13-2-4-14(5-3-13)18-11-10-16-12-6-8-15-9-7-12/h2-9H,10-11H2,1H3,(H,15,16). The summed E-state index contributed by atoms with van der Waals surface area (Å²) in [5, 5.41) is 3.25. The van der Waals surface area contributed by atoms with Crippen LogP contribution in [0.25, 0.3) is 0 Å². The van der Waals surface area contributed by atoms with Gasteiger partial charge in [0, 0.05) is 24.6 Å². The van der Waals surface area contributed by atoms with Crippen LogP contribution in [-0.2, 0) is 0 Å². The lowest BCUT2D eigenvalue weighted by molar-refractivity contribution is 0.332. The number of hydrogen-bond acceptors (Lipinski definition) is 4. The van der Waals surface area contributed by atoms with Crippen LogP contribution in [0.1, 0.15) is 0 Å². The number of nitrogens with zero attached hydrogens (tertiary/aromatic N) is 1. The second kappa shape index (κ2) is 6.49. The molecule has 2 rings (SSSR count). The number of methoxy groups -OCH3 is 1. The molecule has 0 aliphatic carbocycles. The maximum absolute atomic E-state index is 5.59. The van der Waals surface area contributed by atoms with Gasteiger partial charge in [0.1, 0.15) is 18.1 Å². The van der Waals surface area contributed by atoms with Gasteiger partial charge in [-0.3, -0.25) is 4.98 Å². The van der Waals surface area contributed by atoms with E-state index in [0.717, 1.165) is 23.7 Å². The fourth-order valence-electron chi connectivity index (χ4n) is 1.51. The summed E-state index contributed by atoms with van der Waals surface area (Å²) in [7, 11) is 1.65. The van der Waals surface area contributed by atoms with Gasteiger partial charge in [0.05, 0.1) is 7.11 Å². The molecule has 1 aromatic carbocycles. The SMILES string of the molecule is COc1ccc(OCCNc2ccncc2)cc1. The van der Waals surface area contributed by atoms with E-state index in [9.17, 15) is 0 Å². The molecular formula is C14H16N2O2. The van der Waals surface area contributed by atoms with Gasteiger partial charge in [-0.1, -0.05) is 0 Å². The van der Waals surface area contributed by atoms with Crippen LogP contribution in [0.3, 0.4) is 0 Å². The Balaban J connectivity index is 1.72. The highest BCUT2D eigenvalue weighted by Crippen LogP contribution is 2.16. The van der Waals surface area contributed by atoms with Crippen molar-refractivity contribution >= 4 is 5.69 Å². The minimum Gasteiger partial charge on any atom is -0.497 e. The molecular weight excluding hydrogens is 228 g/mol. The molecule has 0 saturated heterocycles. The first kappa shape index (κ1) is 12.2. The number of anilines is 1. The minimum atomic E-state index is 0.606. The van der Waals surface area contributed by atoms with Crippen LogP contribution < -0.4 is 14.8 Å². The quantitative estimate of drug-likeness (QED) is 0.793. The van der Waals surface area contributed by atoms with Crippen molar-refractivity contribution in [3.05, 3.63) is 48.8 Å². The topological polar surface area (TPSA) is 43.4 Å². The fraction of sp³-hybridized carbons (Fsp3) is 0.214. The summed E-state index contributed by atoms with van der Waals surface area (Å²) in [6, 6.07) is 11.4. The van der Waals surface area contributed by atoms with Crippen molar-refractivity contribution in [2.45, 2.75) is 0 Å². The van der Waals surface area contributed by atoms with Crippen LogP contribution in [-0.4, -0.2) is 25.2 Å². The van der Waals surface area contributed by atoms with Gasteiger partial charge >= 0.3 is 0 Å². The first-order valence-corrected chi connectivity index (χ1v) is 5.79. The number of rotatable bonds is 6. The van der Waals surface area contributed by atoms with Crippen LogP contribution in [0.15, 0.2) is 48.8 Å². The zero-order valence-corrected chi connectivity index (χ0v) is 10.3. The molecule has 0 aliphatic heterocycles. The lowest BCUT2D eigenvalue weighted by atomic mass is 10.3. The predicted octanol–water partition coefficient (Wildman–Crippen LogP) is 2.58. The lowest BCUT2D eigenvalue weighted by Crippen LogP contribution is -2.11. The van der Waals surface area contributed by atoms with Gasteiger partial charge in [-0.2, -0.15) is 0 Å². The molecule has 0 saturated carbocycles. The molecule has 1 aromatic heterocycles. The molecule has 0 atom stereocenters. The number of nitrogens with one attached hydrogen (secondary N) is 1. The Kier molecular flexibility index (Phi) is 4.41. The highest BCUT2D eigenvalue weighted by atomic mass is 16.5. The van der Waals surface area contributed by atoms with E-state index < -0.39 is 0 Å². The average molecular weight is 244 g/mol. The molecule has 0 aliphatic rings. The van der Waals surface area contributed by atoms with Crippen LogP contribution in [0.4, 0.5) is 5.69 Å². The smallest absolute Gasteiger partial charge is 0.119 e. The molecule has 0 radical (unpaired) electrons. The normalized spacial score (nSPS) is 9.83. The monoisotopic (exact) mass is 244 g/mol. The Morgan fingerprint density at radius 3 is 2.33 bits per heavy atom. The molecule has 18 heavy (non-hydrogen) atoms. The van der Waals surface area contributed by atoms with Crippen LogP contribution in [0.2, 0.25) is 0 Å². The molecule has 4 nitrogen and oxygen atoms in total. The molecule has 1 N–H and O–H groups in total. The second-order valence-electron chi connectivity index (χ2n) is 3.69. The van der Waals surface area contributed by atoms with Crippen molar-refractivity contribution in [1.82, 2.24) is 4.98 Å². The summed E-state index contributed by atoms with van der Waals surface area (Å²) >= 11 is 0. The summed E-state index contributed by atoms with van der Waals surface area (Å²) in [5.74, 6) is 1.67. The molecule has 0 fully saturated rings. The van der Waals surface area contributed by atoms with E-state index in [1.165, 1.54) is 0 Å². The Hall–Kier alpha value is -2.23. The second-order valence-corrected chi connectivity index (χ2v) is 3.69. The van der Waals surface area contributed by atoms with Crippen LogP contribution in [0, 0.1) is 0 Å². The number of benzene rings is 1. The summed E-state index contributed by atoms with van der Waals surface area (Å²) in [6.45, 7) is 1.35. The van der Waals surface area contributed by atoms with Crippen molar-refractivity contribution in [3.63, 3.8) is 0 Å². The highest BCUT2D eigenvalue weighted by Gasteiger charge is 1.95. The minimum absolute atomic E-state index is 0.606. The lowest BCUT2D eigenvalue weighted by Gasteiger charge is -2.08. The van der Waals surface area contributed by atoms with E-state index in [1.807, 2.05) is 36.4 Å². The number of ether oxygens (including phenoxy) is 2. The molecule has 0 unspecified atom stereocenters.